The summed E-state index contributed by atoms with van der Waals surface area (Å²) in [7, 11) is 0. The number of hydrogen-bond donors (Lipinski definition) is 1. The van der Waals surface area contributed by atoms with Gasteiger partial charge in [-0.1, -0.05) is 24.1 Å². The first-order chi connectivity index (χ1) is 10.6. The van der Waals surface area contributed by atoms with Gasteiger partial charge >= 0.3 is 0 Å². The van der Waals surface area contributed by atoms with Gasteiger partial charge in [-0.15, -0.1) is 0 Å². The van der Waals surface area contributed by atoms with Crippen molar-refractivity contribution in [1.82, 2.24) is 5.32 Å². The minimum atomic E-state index is -0.367. The molecule has 1 aromatic rings. The third kappa shape index (κ3) is 3.65. The summed E-state index contributed by atoms with van der Waals surface area (Å²) in [6, 6.07) is 5.42. The van der Waals surface area contributed by atoms with Crippen LogP contribution in [0.1, 0.15) is 37.7 Å². The van der Waals surface area contributed by atoms with Gasteiger partial charge in [-0.3, -0.25) is 14.9 Å². The van der Waals surface area contributed by atoms with Gasteiger partial charge in [0.1, 0.15) is 5.75 Å². The number of halogens is 1. The third-order valence-electron chi connectivity index (χ3n) is 3.74. The summed E-state index contributed by atoms with van der Waals surface area (Å²) in [5.74, 6) is 0.309. The maximum Gasteiger partial charge on any atom is 0.290 e. The van der Waals surface area contributed by atoms with Crippen LogP contribution in [-0.2, 0) is 4.79 Å². The Morgan fingerprint density at radius 1 is 1.23 bits per heavy atom. The van der Waals surface area contributed by atoms with Crippen LogP contribution >= 0.6 is 23.4 Å². The van der Waals surface area contributed by atoms with Gasteiger partial charge in [0.2, 0.25) is 0 Å². The third-order valence-corrected chi connectivity index (χ3v) is 4.85. The van der Waals surface area contributed by atoms with Gasteiger partial charge in [0.05, 0.1) is 16.0 Å². The fourth-order valence-electron chi connectivity index (χ4n) is 2.64. The second kappa shape index (κ2) is 6.75. The molecule has 1 N–H and O–H groups in total. The van der Waals surface area contributed by atoms with E-state index >= 15 is 0 Å². The van der Waals surface area contributed by atoms with Crippen molar-refractivity contribution in [3.63, 3.8) is 0 Å². The van der Waals surface area contributed by atoms with Gasteiger partial charge in [-0.2, -0.15) is 0 Å². The first kappa shape index (κ1) is 15.4. The number of carbonyl (C=O) groups is 2. The molecule has 0 bridgehead atoms. The van der Waals surface area contributed by atoms with Crippen LogP contribution in [0.3, 0.4) is 0 Å². The number of rotatable bonds is 3. The Hall–Kier alpha value is -1.46. The smallest absolute Gasteiger partial charge is 0.290 e. The van der Waals surface area contributed by atoms with E-state index in [4.69, 9.17) is 16.3 Å². The van der Waals surface area contributed by atoms with Crippen LogP contribution in [0.4, 0.5) is 4.79 Å². The lowest BCUT2D eigenvalue weighted by Gasteiger charge is -2.23. The Bertz CT molecular complexity index is 638. The molecule has 1 saturated carbocycles. The molecule has 22 heavy (non-hydrogen) atoms. The van der Waals surface area contributed by atoms with Gasteiger partial charge < -0.3 is 4.74 Å². The second-order valence-corrected chi connectivity index (χ2v) is 6.84. The van der Waals surface area contributed by atoms with E-state index in [1.165, 1.54) is 19.3 Å². The molecule has 1 aliphatic heterocycles. The van der Waals surface area contributed by atoms with E-state index in [9.17, 15) is 9.59 Å². The highest BCUT2D eigenvalue weighted by Crippen LogP contribution is 2.32. The Kier molecular flexibility index (Phi) is 4.74. The zero-order valence-electron chi connectivity index (χ0n) is 11.9. The Morgan fingerprint density at radius 2 is 2.00 bits per heavy atom. The summed E-state index contributed by atoms with van der Waals surface area (Å²) in [5.41, 5.74) is 0.772. The molecule has 1 heterocycles. The summed E-state index contributed by atoms with van der Waals surface area (Å²) in [6.07, 6.45) is 7.71. The molecule has 0 unspecified atom stereocenters. The maximum absolute atomic E-state index is 11.5. The van der Waals surface area contributed by atoms with E-state index in [0.717, 1.165) is 30.2 Å². The minimum absolute atomic E-state index is 0.240. The number of amides is 2. The van der Waals surface area contributed by atoms with E-state index in [0.29, 0.717) is 15.7 Å². The molecule has 4 nitrogen and oxygen atoms in total. The van der Waals surface area contributed by atoms with Crippen LogP contribution in [0.25, 0.3) is 6.08 Å². The normalized spacial score (nSPS) is 21.2. The highest BCUT2D eigenvalue weighted by molar-refractivity contribution is 8.18. The van der Waals surface area contributed by atoms with Crippen molar-refractivity contribution in [2.45, 2.75) is 38.2 Å². The van der Waals surface area contributed by atoms with Crippen LogP contribution in [0.2, 0.25) is 5.02 Å². The van der Waals surface area contributed by atoms with Crippen LogP contribution in [0.15, 0.2) is 23.1 Å². The van der Waals surface area contributed by atoms with Gasteiger partial charge in [0.25, 0.3) is 11.1 Å². The predicted molar refractivity (Wildman–Crippen MR) is 88.1 cm³/mol. The van der Waals surface area contributed by atoms with Crippen molar-refractivity contribution in [3.05, 3.63) is 33.7 Å². The SMILES string of the molecule is O=C1NC(=O)/C(=C/c2ccc(OC3CCCCC3)c(Cl)c2)S1. The summed E-state index contributed by atoms with van der Waals surface area (Å²) in [5, 5.41) is 2.40. The Balaban J connectivity index is 1.73. The van der Waals surface area contributed by atoms with E-state index in [1.807, 2.05) is 12.1 Å². The molecular weight excluding hydrogens is 322 g/mol. The summed E-state index contributed by atoms with van der Waals surface area (Å²) < 4.78 is 5.96. The molecule has 2 fully saturated rings. The van der Waals surface area contributed by atoms with Gasteiger partial charge in [0, 0.05) is 0 Å². The lowest BCUT2D eigenvalue weighted by Crippen LogP contribution is -2.19. The van der Waals surface area contributed by atoms with Crippen LogP contribution in [0.5, 0.6) is 5.75 Å². The molecule has 6 heteroatoms. The van der Waals surface area contributed by atoms with Crippen molar-refractivity contribution in [1.29, 1.82) is 0 Å². The van der Waals surface area contributed by atoms with Crippen molar-refractivity contribution >= 4 is 40.6 Å². The molecule has 0 spiro atoms. The number of carbonyl (C=O) groups excluding carboxylic acids is 2. The van der Waals surface area contributed by atoms with Crippen LogP contribution < -0.4 is 10.1 Å². The largest absolute Gasteiger partial charge is 0.489 e. The molecule has 2 aliphatic rings. The van der Waals surface area contributed by atoms with Gasteiger partial charge in [0.15, 0.2) is 0 Å². The number of benzene rings is 1. The molecule has 0 radical (unpaired) electrons. The molecule has 3 rings (SSSR count). The van der Waals surface area contributed by atoms with Crippen molar-refractivity contribution in [2.75, 3.05) is 0 Å². The number of ether oxygens (including phenoxy) is 1. The number of nitrogens with one attached hydrogen (secondary N) is 1. The molecule has 116 valence electrons. The molecule has 1 aliphatic carbocycles. The average Bonchev–Trinajstić information content (AvgIpc) is 2.81. The van der Waals surface area contributed by atoms with Crippen molar-refractivity contribution < 1.29 is 14.3 Å². The van der Waals surface area contributed by atoms with E-state index in [1.54, 1.807) is 12.1 Å². The van der Waals surface area contributed by atoms with Crippen LogP contribution in [-0.4, -0.2) is 17.3 Å². The molecule has 1 saturated heterocycles. The summed E-state index contributed by atoms with van der Waals surface area (Å²) in [6.45, 7) is 0. The molecular formula is C16H16ClNO3S. The molecule has 2 amide bonds. The average molecular weight is 338 g/mol. The molecule has 1 aromatic carbocycles. The summed E-state index contributed by atoms with van der Waals surface area (Å²) >= 11 is 7.16. The topological polar surface area (TPSA) is 55.4 Å². The first-order valence-corrected chi connectivity index (χ1v) is 8.52. The van der Waals surface area contributed by atoms with E-state index in [-0.39, 0.29) is 17.3 Å². The number of hydrogen-bond acceptors (Lipinski definition) is 4. The Morgan fingerprint density at radius 3 is 2.64 bits per heavy atom. The zero-order valence-corrected chi connectivity index (χ0v) is 13.5. The molecule has 0 atom stereocenters. The standard InChI is InChI=1S/C16H16ClNO3S/c17-12-8-10(9-14-15(19)18-16(20)22-14)6-7-13(12)21-11-4-2-1-3-5-11/h6-9,11H,1-5H2,(H,18,19,20)/b14-9-. The number of imide groups is 1. The second-order valence-electron chi connectivity index (χ2n) is 5.42. The lowest BCUT2D eigenvalue weighted by molar-refractivity contribution is -0.115. The van der Waals surface area contributed by atoms with E-state index < -0.39 is 0 Å². The predicted octanol–water partition coefficient (Wildman–Crippen LogP) is 4.38. The zero-order chi connectivity index (χ0) is 15.5. The quantitative estimate of drug-likeness (QED) is 0.832. The van der Waals surface area contributed by atoms with Crippen LogP contribution in [0, 0.1) is 0 Å². The summed E-state index contributed by atoms with van der Waals surface area (Å²) in [4.78, 5) is 23.0. The highest BCUT2D eigenvalue weighted by Gasteiger charge is 2.25. The van der Waals surface area contributed by atoms with Crippen molar-refractivity contribution in [3.8, 4) is 5.75 Å². The van der Waals surface area contributed by atoms with Gasteiger partial charge in [-0.05, 0) is 61.2 Å². The van der Waals surface area contributed by atoms with Crippen molar-refractivity contribution in [2.24, 2.45) is 0 Å². The molecule has 0 aromatic heterocycles. The monoisotopic (exact) mass is 337 g/mol. The highest BCUT2D eigenvalue weighted by atomic mass is 35.5. The Labute approximate surface area is 138 Å². The van der Waals surface area contributed by atoms with Gasteiger partial charge in [-0.25, -0.2) is 0 Å². The van der Waals surface area contributed by atoms with E-state index in [2.05, 4.69) is 5.32 Å². The first-order valence-electron chi connectivity index (χ1n) is 7.33. The minimum Gasteiger partial charge on any atom is -0.489 e. The number of thioether (sulfide) groups is 1. The fourth-order valence-corrected chi connectivity index (χ4v) is 3.55. The lowest BCUT2D eigenvalue weighted by atomic mass is 9.98. The fraction of sp³-hybridized carbons (Fsp3) is 0.375. The maximum atomic E-state index is 11.5.